The van der Waals surface area contributed by atoms with E-state index in [1.165, 1.54) is 30.3 Å². The van der Waals surface area contributed by atoms with Crippen LogP contribution in [0.5, 0.6) is 11.5 Å². The maximum Gasteiger partial charge on any atom is 0.342 e. The second kappa shape index (κ2) is 6.21. The summed E-state index contributed by atoms with van der Waals surface area (Å²) in [5.41, 5.74) is 5.98. The fourth-order valence-corrected chi connectivity index (χ4v) is 1.69. The highest BCUT2D eigenvalue weighted by atomic mass is 19.2. The maximum atomic E-state index is 13.6. The van der Waals surface area contributed by atoms with Gasteiger partial charge in [0.25, 0.3) is 0 Å². The monoisotopic (exact) mass is 293 g/mol. The van der Waals surface area contributed by atoms with E-state index >= 15 is 0 Å². The zero-order chi connectivity index (χ0) is 15.4. The number of esters is 1. The van der Waals surface area contributed by atoms with Crippen molar-refractivity contribution in [3.05, 3.63) is 53.6 Å². The van der Waals surface area contributed by atoms with Gasteiger partial charge in [-0.15, -0.1) is 0 Å². The van der Waals surface area contributed by atoms with Crippen molar-refractivity contribution in [1.82, 2.24) is 0 Å². The Bertz CT molecular complexity index is 674. The number of rotatable bonds is 4. The summed E-state index contributed by atoms with van der Waals surface area (Å²) in [6.07, 6.45) is 0. The number of benzene rings is 2. The number of carbonyl (C=O) groups is 1. The highest BCUT2D eigenvalue weighted by Crippen LogP contribution is 2.30. The first-order chi connectivity index (χ1) is 10.0. The summed E-state index contributed by atoms with van der Waals surface area (Å²) in [6, 6.07) is 7.75. The molecule has 6 heteroatoms. The number of halogens is 2. The molecule has 21 heavy (non-hydrogen) atoms. The van der Waals surface area contributed by atoms with Gasteiger partial charge in [-0.3, -0.25) is 0 Å². The number of nitrogen functional groups attached to an aromatic ring is 1. The second-order valence-corrected chi connectivity index (χ2v) is 4.13. The molecule has 0 unspecified atom stereocenters. The lowest BCUT2D eigenvalue weighted by molar-refractivity contribution is 0.0523. The molecule has 0 radical (unpaired) electrons. The molecule has 0 heterocycles. The largest absolute Gasteiger partial charge is 0.462 e. The number of anilines is 1. The van der Waals surface area contributed by atoms with E-state index in [2.05, 4.69) is 0 Å². The predicted octanol–water partition coefficient (Wildman–Crippen LogP) is 3.52. The average molecular weight is 293 g/mol. The van der Waals surface area contributed by atoms with Crippen LogP contribution in [0.15, 0.2) is 36.4 Å². The summed E-state index contributed by atoms with van der Waals surface area (Å²) in [5.74, 6) is -3.13. The third-order valence-electron chi connectivity index (χ3n) is 2.64. The van der Waals surface area contributed by atoms with Crippen LogP contribution >= 0.6 is 0 Å². The quantitative estimate of drug-likeness (QED) is 0.692. The van der Waals surface area contributed by atoms with Crippen LogP contribution in [0.4, 0.5) is 14.5 Å². The van der Waals surface area contributed by atoms with Crippen LogP contribution in [0.1, 0.15) is 17.3 Å². The number of hydrogen-bond acceptors (Lipinski definition) is 4. The smallest absolute Gasteiger partial charge is 0.342 e. The third kappa shape index (κ3) is 3.28. The molecule has 110 valence electrons. The molecule has 2 aromatic rings. The molecule has 0 saturated heterocycles. The lowest BCUT2D eigenvalue weighted by atomic mass is 10.2. The van der Waals surface area contributed by atoms with E-state index < -0.39 is 17.6 Å². The zero-order valence-electron chi connectivity index (χ0n) is 11.2. The lowest BCUT2D eigenvalue weighted by Crippen LogP contribution is -2.07. The van der Waals surface area contributed by atoms with Gasteiger partial charge in [0, 0.05) is 5.69 Å². The highest BCUT2D eigenvalue weighted by molar-refractivity contribution is 5.93. The third-order valence-corrected chi connectivity index (χ3v) is 2.64. The van der Waals surface area contributed by atoms with Gasteiger partial charge in [-0.05, 0) is 37.3 Å². The standard InChI is InChI=1S/C15H13F2NO3/c1-2-20-15(19)10-8-9(18)6-7-12(10)21-13-5-3-4-11(16)14(13)17/h3-8H,2,18H2,1H3. The van der Waals surface area contributed by atoms with E-state index in [1.807, 2.05) is 0 Å². The van der Waals surface area contributed by atoms with Gasteiger partial charge in [0.05, 0.1) is 6.61 Å². The van der Waals surface area contributed by atoms with E-state index in [0.717, 1.165) is 6.07 Å². The van der Waals surface area contributed by atoms with Crippen LogP contribution in [0.2, 0.25) is 0 Å². The number of ether oxygens (including phenoxy) is 2. The van der Waals surface area contributed by atoms with Crippen LogP contribution in [-0.4, -0.2) is 12.6 Å². The van der Waals surface area contributed by atoms with E-state index in [9.17, 15) is 13.6 Å². The Balaban J connectivity index is 2.40. The summed E-state index contributed by atoms with van der Waals surface area (Å²) in [7, 11) is 0. The van der Waals surface area contributed by atoms with Crippen LogP contribution in [-0.2, 0) is 4.74 Å². The minimum Gasteiger partial charge on any atom is -0.462 e. The Labute approximate surface area is 120 Å². The molecule has 0 saturated carbocycles. The second-order valence-electron chi connectivity index (χ2n) is 4.13. The minimum absolute atomic E-state index is 0.0344. The van der Waals surface area contributed by atoms with Crippen molar-refractivity contribution < 1.29 is 23.0 Å². The Kier molecular flexibility index (Phi) is 4.37. The van der Waals surface area contributed by atoms with Gasteiger partial charge in [0.2, 0.25) is 5.82 Å². The molecule has 0 aliphatic carbocycles. The SMILES string of the molecule is CCOC(=O)c1cc(N)ccc1Oc1cccc(F)c1F. The summed E-state index contributed by atoms with van der Waals surface area (Å²) >= 11 is 0. The molecule has 2 rings (SSSR count). The first-order valence-corrected chi connectivity index (χ1v) is 6.21. The fraction of sp³-hybridized carbons (Fsp3) is 0.133. The number of nitrogens with two attached hydrogens (primary N) is 1. The number of hydrogen-bond donors (Lipinski definition) is 1. The van der Waals surface area contributed by atoms with E-state index in [4.69, 9.17) is 15.2 Å². The summed E-state index contributed by atoms with van der Waals surface area (Å²) in [5, 5.41) is 0. The van der Waals surface area contributed by atoms with Crippen molar-refractivity contribution in [3.63, 3.8) is 0 Å². The Morgan fingerprint density at radius 1 is 1.19 bits per heavy atom. The molecule has 0 fully saturated rings. The molecule has 0 amide bonds. The minimum atomic E-state index is -1.14. The normalized spacial score (nSPS) is 10.2. The van der Waals surface area contributed by atoms with Crippen molar-refractivity contribution >= 4 is 11.7 Å². The van der Waals surface area contributed by atoms with E-state index in [1.54, 1.807) is 6.92 Å². The highest BCUT2D eigenvalue weighted by Gasteiger charge is 2.17. The molecule has 0 aromatic heterocycles. The molecule has 0 aliphatic heterocycles. The van der Waals surface area contributed by atoms with Crippen LogP contribution in [0, 0.1) is 11.6 Å². The fourth-order valence-electron chi connectivity index (χ4n) is 1.69. The Hall–Kier alpha value is -2.63. The average Bonchev–Trinajstić information content (AvgIpc) is 2.46. The zero-order valence-corrected chi connectivity index (χ0v) is 11.2. The van der Waals surface area contributed by atoms with E-state index in [0.29, 0.717) is 5.69 Å². The molecular weight excluding hydrogens is 280 g/mol. The molecule has 0 spiro atoms. The summed E-state index contributed by atoms with van der Waals surface area (Å²) in [6.45, 7) is 1.82. The van der Waals surface area contributed by atoms with Crippen LogP contribution in [0.25, 0.3) is 0 Å². The van der Waals surface area contributed by atoms with Crippen molar-refractivity contribution in [2.45, 2.75) is 6.92 Å². The molecule has 0 aliphatic rings. The maximum absolute atomic E-state index is 13.6. The van der Waals surface area contributed by atoms with Gasteiger partial charge in [-0.1, -0.05) is 6.07 Å². The lowest BCUT2D eigenvalue weighted by Gasteiger charge is -2.12. The van der Waals surface area contributed by atoms with Crippen LogP contribution in [0.3, 0.4) is 0 Å². The summed E-state index contributed by atoms with van der Waals surface area (Å²) in [4.78, 5) is 11.8. The molecule has 4 nitrogen and oxygen atoms in total. The predicted molar refractivity (Wildman–Crippen MR) is 73.2 cm³/mol. The molecule has 2 N–H and O–H groups in total. The van der Waals surface area contributed by atoms with Gasteiger partial charge in [0.1, 0.15) is 11.3 Å². The van der Waals surface area contributed by atoms with Gasteiger partial charge in [-0.2, -0.15) is 4.39 Å². The van der Waals surface area contributed by atoms with Gasteiger partial charge >= 0.3 is 5.97 Å². The topological polar surface area (TPSA) is 61.5 Å². The van der Waals surface area contributed by atoms with Crippen molar-refractivity contribution in [2.24, 2.45) is 0 Å². The Morgan fingerprint density at radius 3 is 2.67 bits per heavy atom. The van der Waals surface area contributed by atoms with E-state index in [-0.39, 0.29) is 23.7 Å². The molecule has 0 bridgehead atoms. The van der Waals surface area contributed by atoms with Crippen molar-refractivity contribution in [2.75, 3.05) is 12.3 Å². The summed E-state index contributed by atoms with van der Waals surface area (Å²) < 4.78 is 36.9. The first-order valence-electron chi connectivity index (χ1n) is 6.21. The van der Waals surface area contributed by atoms with Gasteiger partial charge in [0.15, 0.2) is 11.6 Å². The van der Waals surface area contributed by atoms with Gasteiger partial charge in [-0.25, -0.2) is 9.18 Å². The van der Waals surface area contributed by atoms with Crippen LogP contribution < -0.4 is 10.5 Å². The number of carbonyl (C=O) groups excluding carboxylic acids is 1. The van der Waals surface area contributed by atoms with Gasteiger partial charge < -0.3 is 15.2 Å². The van der Waals surface area contributed by atoms with Crippen molar-refractivity contribution in [3.8, 4) is 11.5 Å². The molecular formula is C15H13F2NO3. The Morgan fingerprint density at radius 2 is 1.95 bits per heavy atom. The van der Waals surface area contributed by atoms with Crippen molar-refractivity contribution in [1.29, 1.82) is 0 Å². The first kappa shape index (κ1) is 14.8. The molecule has 2 aromatic carbocycles. The molecule has 0 atom stereocenters.